The first-order valence-electron chi connectivity index (χ1n) is 10.6. The number of ether oxygens (including phenoxy) is 2. The first kappa shape index (κ1) is 22.2. The molecule has 6 heteroatoms. The van der Waals surface area contributed by atoms with E-state index in [1.807, 2.05) is 19.1 Å². The minimum absolute atomic E-state index is 0.262. The Labute approximate surface area is 182 Å². The van der Waals surface area contributed by atoms with Gasteiger partial charge in [-0.05, 0) is 56.2 Å². The maximum absolute atomic E-state index is 12.9. The molecule has 160 valence electrons. The van der Waals surface area contributed by atoms with Crippen LogP contribution < -0.4 is 9.54 Å². The van der Waals surface area contributed by atoms with Crippen LogP contribution in [0.1, 0.15) is 49.0 Å². The summed E-state index contributed by atoms with van der Waals surface area (Å²) in [6.07, 6.45) is 3.31. The standard InChI is InChI=1S/C24H30N2O3S/c1-4-6-7-14-29-20-10-8-9-19(17-20)23(27)25-24-26(13-15-28-5-2)21-12-11-18(3)16-22(21)30-24/h8-12,16-17H,4-7,13-15H2,1-3H3. The summed E-state index contributed by atoms with van der Waals surface area (Å²) in [6, 6.07) is 13.6. The highest BCUT2D eigenvalue weighted by molar-refractivity contribution is 7.16. The Kier molecular flexibility index (Phi) is 8.22. The van der Waals surface area contributed by atoms with Crippen LogP contribution >= 0.6 is 11.3 Å². The van der Waals surface area contributed by atoms with Crippen LogP contribution in [0.5, 0.6) is 5.75 Å². The number of benzene rings is 2. The number of amides is 1. The van der Waals surface area contributed by atoms with Crippen molar-refractivity contribution in [1.29, 1.82) is 0 Å². The average molecular weight is 427 g/mol. The smallest absolute Gasteiger partial charge is 0.279 e. The van der Waals surface area contributed by atoms with Crippen molar-refractivity contribution in [3.8, 4) is 5.75 Å². The highest BCUT2D eigenvalue weighted by atomic mass is 32.1. The summed E-state index contributed by atoms with van der Waals surface area (Å²) in [5, 5.41) is 0. The van der Waals surface area contributed by atoms with E-state index in [1.54, 1.807) is 12.1 Å². The zero-order chi connectivity index (χ0) is 21.3. The maximum atomic E-state index is 12.9. The second-order valence-corrected chi connectivity index (χ2v) is 8.21. The van der Waals surface area contributed by atoms with Gasteiger partial charge in [-0.25, -0.2) is 0 Å². The van der Waals surface area contributed by atoms with Crippen LogP contribution in [0.25, 0.3) is 10.2 Å². The summed E-state index contributed by atoms with van der Waals surface area (Å²) >= 11 is 1.53. The number of thiazole rings is 1. The molecule has 0 aliphatic carbocycles. The molecule has 0 aliphatic rings. The third-order valence-corrected chi connectivity index (χ3v) is 5.84. The predicted octanol–water partition coefficient (Wildman–Crippen LogP) is 5.36. The number of carbonyl (C=O) groups is 1. The molecule has 0 fully saturated rings. The molecule has 0 saturated heterocycles. The van der Waals surface area contributed by atoms with Crippen molar-refractivity contribution in [2.75, 3.05) is 19.8 Å². The van der Waals surface area contributed by atoms with Crippen LogP contribution in [-0.4, -0.2) is 30.3 Å². The van der Waals surface area contributed by atoms with Gasteiger partial charge in [0.2, 0.25) is 0 Å². The van der Waals surface area contributed by atoms with Gasteiger partial charge >= 0.3 is 0 Å². The minimum atomic E-state index is -0.262. The average Bonchev–Trinajstić information content (AvgIpc) is 3.07. The second-order valence-electron chi connectivity index (χ2n) is 7.20. The molecule has 5 nitrogen and oxygen atoms in total. The molecule has 2 aromatic carbocycles. The minimum Gasteiger partial charge on any atom is -0.494 e. The predicted molar refractivity (Wildman–Crippen MR) is 122 cm³/mol. The Balaban J connectivity index is 1.88. The molecular weight excluding hydrogens is 396 g/mol. The normalized spacial score (nSPS) is 11.9. The lowest BCUT2D eigenvalue weighted by Crippen LogP contribution is -2.19. The van der Waals surface area contributed by atoms with Crippen LogP contribution in [0.2, 0.25) is 0 Å². The van der Waals surface area contributed by atoms with Gasteiger partial charge in [0.05, 0.1) is 23.4 Å². The Bertz CT molecular complexity index is 1050. The number of unbranched alkanes of at least 4 members (excludes halogenated alkanes) is 2. The fraction of sp³-hybridized carbons (Fsp3) is 0.417. The fourth-order valence-electron chi connectivity index (χ4n) is 3.19. The maximum Gasteiger partial charge on any atom is 0.279 e. The van der Waals surface area contributed by atoms with E-state index in [9.17, 15) is 4.79 Å². The third kappa shape index (κ3) is 5.80. The summed E-state index contributed by atoms with van der Waals surface area (Å²) in [5.41, 5.74) is 2.80. The third-order valence-electron chi connectivity index (χ3n) is 4.80. The van der Waals surface area contributed by atoms with Gasteiger partial charge in [-0.2, -0.15) is 4.99 Å². The van der Waals surface area contributed by atoms with Crippen molar-refractivity contribution in [3.05, 3.63) is 58.4 Å². The van der Waals surface area contributed by atoms with E-state index >= 15 is 0 Å². The van der Waals surface area contributed by atoms with Crippen molar-refractivity contribution < 1.29 is 14.3 Å². The molecule has 0 bridgehead atoms. The molecule has 3 rings (SSSR count). The Morgan fingerprint density at radius 2 is 1.97 bits per heavy atom. The second kappa shape index (κ2) is 11.1. The lowest BCUT2D eigenvalue weighted by Gasteiger charge is -2.07. The molecule has 0 unspecified atom stereocenters. The number of carbonyl (C=O) groups excluding carboxylic acids is 1. The fourth-order valence-corrected chi connectivity index (χ4v) is 4.35. The van der Waals surface area contributed by atoms with Crippen molar-refractivity contribution in [1.82, 2.24) is 4.57 Å². The molecule has 30 heavy (non-hydrogen) atoms. The van der Waals surface area contributed by atoms with Gasteiger partial charge in [-0.15, -0.1) is 0 Å². The van der Waals surface area contributed by atoms with Crippen molar-refractivity contribution >= 4 is 27.5 Å². The number of aryl methyl sites for hydroxylation is 1. The first-order chi connectivity index (χ1) is 14.6. The molecule has 0 saturated carbocycles. The molecule has 0 atom stereocenters. The number of nitrogens with zero attached hydrogens (tertiary/aromatic N) is 2. The topological polar surface area (TPSA) is 52.8 Å². The highest BCUT2D eigenvalue weighted by Gasteiger charge is 2.10. The van der Waals surface area contributed by atoms with Crippen LogP contribution in [-0.2, 0) is 11.3 Å². The summed E-state index contributed by atoms with van der Waals surface area (Å²) < 4.78 is 14.5. The molecule has 3 aromatic rings. The number of hydrogen-bond acceptors (Lipinski definition) is 4. The van der Waals surface area contributed by atoms with Crippen LogP contribution in [0, 0.1) is 6.92 Å². The van der Waals surface area contributed by atoms with Crippen molar-refractivity contribution in [2.24, 2.45) is 4.99 Å². The molecule has 0 radical (unpaired) electrons. The van der Waals surface area contributed by atoms with E-state index in [0.29, 0.717) is 42.5 Å². The summed E-state index contributed by atoms with van der Waals surface area (Å²) in [6.45, 7) is 8.77. The molecule has 1 heterocycles. The van der Waals surface area contributed by atoms with Gasteiger partial charge in [0.25, 0.3) is 5.91 Å². The molecular formula is C24H30N2O3S. The van der Waals surface area contributed by atoms with E-state index in [4.69, 9.17) is 9.47 Å². The van der Waals surface area contributed by atoms with Gasteiger partial charge in [-0.3, -0.25) is 4.79 Å². The van der Waals surface area contributed by atoms with Crippen molar-refractivity contribution in [3.63, 3.8) is 0 Å². The summed E-state index contributed by atoms with van der Waals surface area (Å²) in [5.74, 6) is 0.450. The number of fused-ring (bicyclic) bond motifs is 1. The highest BCUT2D eigenvalue weighted by Crippen LogP contribution is 2.20. The first-order valence-corrected chi connectivity index (χ1v) is 11.4. The Morgan fingerprint density at radius 1 is 1.10 bits per heavy atom. The van der Waals surface area contributed by atoms with Crippen LogP contribution in [0.15, 0.2) is 47.5 Å². The Morgan fingerprint density at radius 3 is 2.77 bits per heavy atom. The summed E-state index contributed by atoms with van der Waals surface area (Å²) in [7, 11) is 0. The van der Waals surface area contributed by atoms with Gasteiger partial charge in [0, 0.05) is 18.7 Å². The number of rotatable bonds is 10. The molecule has 0 N–H and O–H groups in total. The molecule has 1 aromatic heterocycles. The number of hydrogen-bond donors (Lipinski definition) is 0. The van der Waals surface area contributed by atoms with E-state index < -0.39 is 0 Å². The zero-order valence-electron chi connectivity index (χ0n) is 18.0. The quantitative estimate of drug-likeness (QED) is 0.410. The van der Waals surface area contributed by atoms with Crippen LogP contribution in [0.4, 0.5) is 0 Å². The van der Waals surface area contributed by atoms with Crippen LogP contribution in [0.3, 0.4) is 0 Å². The summed E-state index contributed by atoms with van der Waals surface area (Å²) in [4.78, 5) is 18.1. The van der Waals surface area contributed by atoms with Crippen molar-refractivity contribution in [2.45, 2.75) is 46.6 Å². The van der Waals surface area contributed by atoms with Gasteiger partial charge in [0.1, 0.15) is 5.75 Å². The van der Waals surface area contributed by atoms with E-state index in [-0.39, 0.29) is 5.91 Å². The Hall–Kier alpha value is -2.44. The lowest BCUT2D eigenvalue weighted by molar-refractivity contribution is 0.0996. The lowest BCUT2D eigenvalue weighted by atomic mass is 10.2. The van der Waals surface area contributed by atoms with E-state index in [0.717, 1.165) is 29.5 Å². The molecule has 0 spiro atoms. The van der Waals surface area contributed by atoms with E-state index in [2.05, 4.69) is 41.6 Å². The monoisotopic (exact) mass is 426 g/mol. The number of aromatic nitrogens is 1. The SMILES string of the molecule is CCCCCOc1cccc(C(=O)N=c2sc3cc(C)ccc3n2CCOCC)c1. The van der Waals surface area contributed by atoms with Gasteiger partial charge < -0.3 is 14.0 Å². The largest absolute Gasteiger partial charge is 0.494 e. The molecule has 1 amide bonds. The zero-order valence-corrected chi connectivity index (χ0v) is 18.8. The molecule has 0 aliphatic heterocycles. The van der Waals surface area contributed by atoms with Gasteiger partial charge in [-0.1, -0.05) is 43.2 Å². The van der Waals surface area contributed by atoms with E-state index in [1.165, 1.54) is 16.9 Å². The van der Waals surface area contributed by atoms with Gasteiger partial charge in [0.15, 0.2) is 4.80 Å².